The third kappa shape index (κ3) is 5.28. The van der Waals surface area contributed by atoms with Gasteiger partial charge in [0.15, 0.2) is 0 Å². The minimum Gasteiger partial charge on any atom is -0.405 e. The van der Waals surface area contributed by atoms with Crippen LogP contribution < -0.4 is 10.1 Å². The molecule has 0 saturated heterocycles. The van der Waals surface area contributed by atoms with Crippen LogP contribution in [-0.2, 0) is 22.6 Å². The van der Waals surface area contributed by atoms with E-state index >= 15 is 0 Å². The summed E-state index contributed by atoms with van der Waals surface area (Å²) in [4.78, 5) is 26.2. The first-order valence-electron chi connectivity index (χ1n) is 9.20. The molecule has 1 N–H and O–H groups in total. The first-order chi connectivity index (χ1) is 13.7. The van der Waals surface area contributed by atoms with Crippen LogP contribution in [-0.4, -0.2) is 29.6 Å². The highest BCUT2D eigenvalue weighted by Gasteiger charge is 2.32. The summed E-state index contributed by atoms with van der Waals surface area (Å²) in [6.07, 6.45) is -4.07. The monoisotopic (exact) mass is 406 g/mol. The molecule has 1 aliphatic rings. The number of carbonyl (C=O) groups excluding carboxylic acids is 2. The number of nitrogens with one attached hydrogen (secondary N) is 1. The van der Waals surface area contributed by atoms with Crippen molar-refractivity contribution in [3.63, 3.8) is 0 Å². The predicted molar refractivity (Wildman–Crippen MR) is 99.9 cm³/mol. The van der Waals surface area contributed by atoms with Crippen molar-refractivity contribution in [1.82, 2.24) is 10.2 Å². The number of carbonyl (C=O) groups is 2. The lowest BCUT2D eigenvalue weighted by atomic mass is 9.90. The highest BCUT2D eigenvalue weighted by Crippen LogP contribution is 2.32. The van der Waals surface area contributed by atoms with E-state index < -0.39 is 12.4 Å². The molecular formula is C21H21F3N2O3. The molecule has 1 unspecified atom stereocenters. The summed E-state index contributed by atoms with van der Waals surface area (Å²) in [6.45, 7) is 1.87. The number of para-hydroxylation sites is 1. The predicted octanol–water partition coefficient (Wildman–Crippen LogP) is 3.74. The molecule has 0 saturated carbocycles. The van der Waals surface area contributed by atoms with Gasteiger partial charge in [-0.3, -0.25) is 9.59 Å². The summed E-state index contributed by atoms with van der Waals surface area (Å²) in [7, 11) is 0. The Labute approximate surface area is 166 Å². The number of halogens is 3. The number of rotatable bonds is 5. The van der Waals surface area contributed by atoms with Gasteiger partial charge in [0.05, 0.1) is 12.5 Å². The molecule has 0 aliphatic carbocycles. The second kappa shape index (κ2) is 8.55. The molecule has 154 valence electrons. The van der Waals surface area contributed by atoms with Crippen LogP contribution in [0.3, 0.4) is 0 Å². The molecule has 0 bridgehead atoms. The summed E-state index contributed by atoms with van der Waals surface area (Å²) >= 11 is 0. The summed E-state index contributed by atoms with van der Waals surface area (Å²) in [6, 6.07) is 12.9. The van der Waals surface area contributed by atoms with Gasteiger partial charge in [0.1, 0.15) is 5.75 Å². The van der Waals surface area contributed by atoms with Gasteiger partial charge in [0.25, 0.3) is 0 Å². The molecule has 8 heteroatoms. The van der Waals surface area contributed by atoms with Crippen molar-refractivity contribution in [3.8, 4) is 5.75 Å². The average molecular weight is 406 g/mol. The van der Waals surface area contributed by atoms with Crippen LogP contribution in [0.1, 0.15) is 36.1 Å². The Morgan fingerprint density at radius 1 is 1.14 bits per heavy atom. The van der Waals surface area contributed by atoms with E-state index in [1.807, 2.05) is 24.3 Å². The zero-order valence-electron chi connectivity index (χ0n) is 15.8. The third-order valence-corrected chi connectivity index (χ3v) is 4.87. The molecule has 29 heavy (non-hydrogen) atoms. The number of amides is 2. The van der Waals surface area contributed by atoms with Crippen LogP contribution in [0, 0.1) is 0 Å². The molecule has 2 amide bonds. The van der Waals surface area contributed by atoms with Crippen molar-refractivity contribution in [1.29, 1.82) is 0 Å². The van der Waals surface area contributed by atoms with Crippen LogP contribution in [0.2, 0.25) is 0 Å². The van der Waals surface area contributed by atoms with Crippen molar-refractivity contribution in [2.45, 2.75) is 38.7 Å². The standard InChI is InChI=1S/C21H21F3N2O3/c1-14(27)26-11-10-15-6-2-4-8-17(15)18(26)12-20(28)25-13-16-7-3-5-9-19(16)29-21(22,23)24/h2-9,18H,10-13H2,1H3,(H,25,28). The first-order valence-corrected chi connectivity index (χ1v) is 9.20. The maximum Gasteiger partial charge on any atom is 0.573 e. The van der Waals surface area contributed by atoms with Crippen LogP contribution in [0.4, 0.5) is 13.2 Å². The molecule has 0 fully saturated rings. The lowest BCUT2D eigenvalue weighted by molar-refractivity contribution is -0.274. The van der Waals surface area contributed by atoms with Crippen LogP contribution in [0.15, 0.2) is 48.5 Å². The van der Waals surface area contributed by atoms with E-state index in [1.54, 1.807) is 11.0 Å². The molecule has 0 radical (unpaired) electrons. The van der Waals surface area contributed by atoms with Gasteiger partial charge in [-0.1, -0.05) is 42.5 Å². The second-order valence-corrected chi connectivity index (χ2v) is 6.81. The highest BCUT2D eigenvalue weighted by molar-refractivity contribution is 5.79. The average Bonchev–Trinajstić information content (AvgIpc) is 2.66. The second-order valence-electron chi connectivity index (χ2n) is 6.81. The van der Waals surface area contributed by atoms with E-state index in [1.165, 1.54) is 25.1 Å². The van der Waals surface area contributed by atoms with Crippen molar-refractivity contribution < 1.29 is 27.5 Å². The third-order valence-electron chi connectivity index (χ3n) is 4.87. The fourth-order valence-electron chi connectivity index (χ4n) is 3.56. The van der Waals surface area contributed by atoms with Crippen LogP contribution in [0.5, 0.6) is 5.75 Å². The summed E-state index contributed by atoms with van der Waals surface area (Å²) in [5.41, 5.74) is 2.22. The molecule has 0 spiro atoms. The number of benzene rings is 2. The van der Waals surface area contributed by atoms with E-state index in [2.05, 4.69) is 10.1 Å². The molecule has 3 rings (SSSR count). The van der Waals surface area contributed by atoms with E-state index in [-0.39, 0.29) is 36.1 Å². The topological polar surface area (TPSA) is 58.6 Å². The Bertz CT molecular complexity index is 899. The summed E-state index contributed by atoms with van der Waals surface area (Å²) < 4.78 is 41.6. The normalized spacial score (nSPS) is 16.1. The van der Waals surface area contributed by atoms with Gasteiger partial charge in [-0.15, -0.1) is 13.2 Å². The molecule has 2 aromatic rings. The molecule has 2 aromatic carbocycles. The Hall–Kier alpha value is -3.03. The molecule has 1 atom stereocenters. The smallest absolute Gasteiger partial charge is 0.405 e. The highest BCUT2D eigenvalue weighted by atomic mass is 19.4. The number of hydrogen-bond donors (Lipinski definition) is 1. The lowest BCUT2D eigenvalue weighted by Crippen LogP contribution is -2.41. The van der Waals surface area contributed by atoms with E-state index in [4.69, 9.17) is 0 Å². The van der Waals surface area contributed by atoms with Gasteiger partial charge < -0.3 is 15.0 Å². The minimum absolute atomic E-state index is 0.0267. The Morgan fingerprint density at radius 2 is 1.83 bits per heavy atom. The maximum absolute atomic E-state index is 12.5. The summed E-state index contributed by atoms with van der Waals surface area (Å²) in [5, 5.41) is 2.64. The maximum atomic E-state index is 12.5. The summed E-state index contributed by atoms with van der Waals surface area (Å²) in [5.74, 6) is -0.838. The Kier molecular flexibility index (Phi) is 6.10. The van der Waals surface area contributed by atoms with Gasteiger partial charge in [0.2, 0.25) is 11.8 Å². The van der Waals surface area contributed by atoms with Gasteiger partial charge in [-0.2, -0.15) is 0 Å². The molecule has 5 nitrogen and oxygen atoms in total. The molecule has 1 heterocycles. The van der Waals surface area contributed by atoms with Crippen LogP contribution in [0.25, 0.3) is 0 Å². The Morgan fingerprint density at radius 3 is 2.55 bits per heavy atom. The van der Waals surface area contributed by atoms with Crippen molar-refractivity contribution in [2.75, 3.05) is 6.54 Å². The number of fused-ring (bicyclic) bond motifs is 1. The van der Waals surface area contributed by atoms with E-state index in [9.17, 15) is 22.8 Å². The number of nitrogens with zero attached hydrogens (tertiary/aromatic N) is 1. The van der Waals surface area contributed by atoms with Crippen molar-refractivity contribution in [2.24, 2.45) is 0 Å². The molecular weight excluding hydrogens is 385 g/mol. The molecule has 1 aliphatic heterocycles. The largest absolute Gasteiger partial charge is 0.573 e. The van der Waals surface area contributed by atoms with Crippen molar-refractivity contribution in [3.05, 3.63) is 65.2 Å². The fourth-order valence-corrected chi connectivity index (χ4v) is 3.56. The lowest BCUT2D eigenvalue weighted by Gasteiger charge is -2.36. The van der Waals surface area contributed by atoms with Gasteiger partial charge in [0, 0.05) is 25.6 Å². The zero-order valence-corrected chi connectivity index (χ0v) is 15.8. The SMILES string of the molecule is CC(=O)N1CCc2ccccc2C1CC(=O)NCc1ccccc1OC(F)(F)F. The minimum atomic E-state index is -4.81. The van der Waals surface area contributed by atoms with E-state index in [0.717, 1.165) is 17.5 Å². The fraction of sp³-hybridized carbons (Fsp3) is 0.333. The quantitative estimate of drug-likeness (QED) is 0.823. The number of alkyl halides is 3. The van der Waals surface area contributed by atoms with Gasteiger partial charge in [-0.25, -0.2) is 0 Å². The van der Waals surface area contributed by atoms with Gasteiger partial charge >= 0.3 is 6.36 Å². The zero-order chi connectivity index (χ0) is 21.0. The van der Waals surface area contributed by atoms with Crippen molar-refractivity contribution >= 4 is 11.8 Å². The number of ether oxygens (including phenoxy) is 1. The number of hydrogen-bond acceptors (Lipinski definition) is 3. The molecule has 0 aromatic heterocycles. The van der Waals surface area contributed by atoms with Crippen LogP contribution >= 0.6 is 0 Å². The van der Waals surface area contributed by atoms with E-state index in [0.29, 0.717) is 6.54 Å². The van der Waals surface area contributed by atoms with Gasteiger partial charge in [-0.05, 0) is 23.6 Å². The Balaban J connectivity index is 1.70. The first kappa shape index (κ1) is 20.7.